The molecule has 10 N–H and O–H groups in total. The first-order valence-electron chi connectivity index (χ1n) is 50.8. The number of carbonyl (C=O) groups excluding carboxylic acids is 1. The maximum Gasteiger partial charge on any atom is 0.410 e. The Bertz CT molecular complexity index is 8270. The van der Waals surface area contributed by atoms with Gasteiger partial charge < -0.3 is 89.2 Å². The van der Waals surface area contributed by atoms with Crippen LogP contribution < -0.4 is 49.4 Å². The second-order valence-electron chi connectivity index (χ2n) is 38.6. The smallest absolute Gasteiger partial charge is 0.410 e. The average molecular weight is 2120 g/mol. The summed E-state index contributed by atoms with van der Waals surface area (Å²) in [5, 5.41) is 30.0. The molecule has 12 aromatic carbocycles. The summed E-state index contributed by atoms with van der Waals surface area (Å²) in [4.78, 5) is 58.5. The number of hydrogen-bond acceptors (Lipinski definition) is 17. The molecule has 0 aliphatic carbocycles. The monoisotopic (exact) mass is 2120 g/mol. The Balaban J connectivity index is 0.000000102. The Morgan fingerprint density at radius 1 is 0.420 bits per heavy atom. The third kappa shape index (κ3) is 20.1. The van der Waals surface area contributed by atoms with Crippen LogP contribution in [0, 0.1) is 6.92 Å². The van der Waals surface area contributed by atoms with Gasteiger partial charge in [-0.1, -0.05) is 192 Å². The minimum absolute atomic E-state index is 0.0169. The first kappa shape index (κ1) is 99.5. The van der Waals surface area contributed by atoms with Crippen molar-refractivity contribution in [3.8, 4) is 34.5 Å². The fourth-order valence-electron chi connectivity index (χ4n) is 22.5. The maximum atomic E-state index is 12.7. The molecule has 760 valence electrons. The predicted molar refractivity (Wildman–Crippen MR) is 598 cm³/mol. The van der Waals surface area contributed by atoms with E-state index in [-0.39, 0.29) is 49.7 Å². The second kappa shape index (κ2) is 44.0. The standard InChI is InChI=1S/C23H24ClFN2O2.C22H19BrN4O.C22H17ClN4O2.C19H19ClN2O2.C18H18N2.C17H16N2O/c1-14(2)15-3-5-16(6-4-15)22-21-18(9-11-27(22)23(28)29-12-10-25)19-13-17(24)7-8-20(19)26-21;1-28-16-6-3-14(4-7-16)21-20-17(18-13-15(23)5-8-19(18)26-20)9-12-27(21)22-24-10-2-11-25-22;23-14-3-4-17-16(11-14)15-6-9-27(22-24-7-1-8-25-22)21(20(15)26-17)13-2-5-18-19(10-13)29-12-28-18;1-23-16-6-3-11(9-17(16)24-2)18-19-13(7-8-21-18)14-10-12(20)4-5-15(14)22-19;1-12-6-5-9-14-15-10-11-19-17(18(15)20-16(12)14)13-7-3-2-4-8-13;20-12-6-7-15-14(10-12)13-8-9-18-16(17(13)19-15)11-4-2-1-3-5-11/h3-8,13-14,22,26H,9-12H2,1-2H3;2-8,10-11,13,21,26H,9,12H2,1H3;1-5,7-8,10-11,21,26H,6,9,12H2;3-6,9-10,18,21-22H,7-8H2,1-2H3;2-9,17,19-20H,10-11H2,1H3;1-7,10,16,18-20H,8-9H2. The average Bonchev–Trinajstić information content (AvgIpc) is 1.58. The van der Waals surface area contributed by atoms with Crippen LogP contribution in [-0.4, -0.2) is 147 Å². The SMILES string of the molecule is CC(C)c1ccc(C2c3[nH]c4ccc(Cl)cc4c3CCN2C(=O)OCCF)cc1.COc1ccc(C2NCCc3c2[nH]c2ccc(Cl)cc32)cc1OC.COc1ccc(C2c3[nH]c4ccc(Br)cc4c3CCN2c2ncccn2)cc1.Cc1cccc2c3c([nH]c12)C(c1ccccc1)NCC3.Clc1ccc2[nH]c3c(c2c1)CCN(c1ncccn1)C3c1ccc2c(c1)OCO2.Oc1ccc2[nH]c3c(c2c1)CCNC3c1ccccc1. The van der Waals surface area contributed by atoms with Gasteiger partial charge in [0.05, 0.1) is 51.5 Å². The van der Waals surface area contributed by atoms with Crippen molar-refractivity contribution in [3.05, 3.63) is 423 Å². The lowest BCUT2D eigenvalue weighted by atomic mass is 9.91. The highest BCUT2D eigenvalue weighted by Crippen LogP contribution is 2.49. The summed E-state index contributed by atoms with van der Waals surface area (Å²) in [5.41, 5.74) is 31.3. The molecule has 27 rings (SSSR count). The number of aromatic hydroxyl groups is 1. The van der Waals surface area contributed by atoms with Crippen molar-refractivity contribution in [2.24, 2.45) is 0 Å². The van der Waals surface area contributed by atoms with E-state index in [4.69, 9.17) is 63.2 Å². The molecule has 0 fully saturated rings. The first-order chi connectivity index (χ1) is 73.4. The van der Waals surface area contributed by atoms with E-state index in [2.05, 4.69) is 258 Å². The van der Waals surface area contributed by atoms with E-state index >= 15 is 0 Å². The molecule has 15 heterocycles. The highest BCUT2D eigenvalue weighted by atomic mass is 79.9. The Morgan fingerprint density at radius 3 is 1.40 bits per heavy atom. The first-order valence-corrected chi connectivity index (χ1v) is 52.7. The molecule has 0 saturated heterocycles. The molecule has 24 nitrogen and oxygen atoms in total. The number of nitrogens with zero attached hydrogens (tertiary/aromatic N) is 7. The Hall–Kier alpha value is -15.1. The van der Waals surface area contributed by atoms with Gasteiger partial charge in [0, 0.05) is 183 Å². The Kier molecular flexibility index (Phi) is 29.2. The number of ether oxygens (including phenoxy) is 6. The number of benzene rings is 12. The van der Waals surface area contributed by atoms with Gasteiger partial charge in [-0.25, -0.2) is 29.1 Å². The number of amides is 1. The molecule has 20 aromatic rings. The summed E-state index contributed by atoms with van der Waals surface area (Å²) in [7, 11) is 5.00. The molecule has 6 atom stereocenters. The fourth-order valence-corrected chi connectivity index (χ4v) is 23.3. The largest absolute Gasteiger partial charge is 0.508 e. The van der Waals surface area contributed by atoms with Crippen molar-refractivity contribution in [2.45, 2.75) is 101 Å². The van der Waals surface area contributed by atoms with Gasteiger partial charge in [-0.3, -0.25) is 4.90 Å². The molecule has 150 heavy (non-hydrogen) atoms. The number of aromatic nitrogens is 10. The molecule has 7 aliphatic heterocycles. The van der Waals surface area contributed by atoms with Crippen molar-refractivity contribution in [2.75, 3.05) is 90.5 Å². The number of para-hydroxylation sites is 1. The van der Waals surface area contributed by atoms with Gasteiger partial charge in [-0.05, 0) is 269 Å². The fraction of sp³-hybridized carbons (Fsp3) is 0.231. The highest BCUT2D eigenvalue weighted by Gasteiger charge is 2.40. The van der Waals surface area contributed by atoms with E-state index < -0.39 is 12.8 Å². The molecule has 8 aromatic heterocycles. The summed E-state index contributed by atoms with van der Waals surface area (Å²) in [6.45, 7) is 10.9. The normalized spacial score (nSPS) is 17.1. The van der Waals surface area contributed by atoms with E-state index in [0.717, 1.165) is 186 Å². The van der Waals surface area contributed by atoms with Gasteiger partial charge in [-0.15, -0.1) is 0 Å². The van der Waals surface area contributed by atoms with Crippen LogP contribution in [0.2, 0.25) is 15.1 Å². The van der Waals surface area contributed by atoms with Crippen molar-refractivity contribution in [1.29, 1.82) is 0 Å². The second-order valence-corrected chi connectivity index (χ2v) is 40.8. The zero-order chi connectivity index (χ0) is 103. The molecular weight excluding hydrogens is 2010 g/mol. The number of anilines is 2. The van der Waals surface area contributed by atoms with E-state index in [1.54, 1.807) is 57.1 Å². The van der Waals surface area contributed by atoms with Crippen LogP contribution in [0.1, 0.15) is 168 Å². The molecule has 1 amide bonds. The Labute approximate surface area is 890 Å². The molecular formula is C121H113BrCl3FN16O8. The highest BCUT2D eigenvalue weighted by molar-refractivity contribution is 9.10. The van der Waals surface area contributed by atoms with Gasteiger partial charge in [0.1, 0.15) is 30.8 Å². The van der Waals surface area contributed by atoms with Crippen LogP contribution in [0.5, 0.6) is 34.5 Å². The number of phenolic OH excluding ortho intramolecular Hbond substituents is 1. The van der Waals surface area contributed by atoms with E-state index in [1.165, 1.54) is 105 Å². The quantitative estimate of drug-likeness (QED) is 0.0484. The van der Waals surface area contributed by atoms with Crippen LogP contribution >= 0.6 is 50.7 Å². The van der Waals surface area contributed by atoms with Crippen LogP contribution in [-0.2, 0) is 43.3 Å². The topological polar surface area (TPSA) is 285 Å². The molecule has 29 heteroatoms. The van der Waals surface area contributed by atoms with Crippen LogP contribution in [0.25, 0.3) is 65.4 Å². The van der Waals surface area contributed by atoms with E-state index in [9.17, 15) is 14.3 Å². The molecule has 0 radical (unpaired) electrons. The summed E-state index contributed by atoms with van der Waals surface area (Å²) >= 11 is 22.3. The molecule has 0 bridgehead atoms. The number of halogens is 5. The number of nitrogens with one attached hydrogen (secondary N) is 9. The van der Waals surface area contributed by atoms with Crippen molar-refractivity contribution >= 4 is 134 Å². The number of alkyl halides is 1. The number of hydrogen-bond donors (Lipinski definition) is 10. The summed E-state index contributed by atoms with van der Waals surface area (Å²) < 4.78 is 46.1. The van der Waals surface area contributed by atoms with E-state index in [0.29, 0.717) is 35.6 Å². The third-order valence-electron chi connectivity index (χ3n) is 29.5. The van der Waals surface area contributed by atoms with E-state index in [1.807, 2.05) is 115 Å². The third-order valence-corrected chi connectivity index (χ3v) is 30.7. The number of fused-ring (bicyclic) bond motifs is 19. The van der Waals surface area contributed by atoms with Gasteiger partial charge in [-0.2, -0.15) is 0 Å². The number of aromatic amines is 6. The lowest BCUT2D eigenvalue weighted by molar-refractivity contribution is 0.0837. The lowest BCUT2D eigenvalue weighted by Crippen LogP contribution is -2.41. The van der Waals surface area contributed by atoms with Gasteiger partial charge in [0.25, 0.3) is 0 Å². The summed E-state index contributed by atoms with van der Waals surface area (Å²) in [6.07, 6.45) is 12.2. The minimum Gasteiger partial charge on any atom is -0.508 e. The number of methoxy groups -OCH3 is 3. The predicted octanol–water partition coefficient (Wildman–Crippen LogP) is 26.3. The molecule has 6 unspecified atom stereocenters. The summed E-state index contributed by atoms with van der Waals surface area (Å²) in [5.74, 6) is 6.07. The molecule has 0 saturated carbocycles. The van der Waals surface area contributed by atoms with Crippen LogP contribution in [0.3, 0.4) is 0 Å². The number of phenols is 1. The maximum absolute atomic E-state index is 12.7. The van der Waals surface area contributed by atoms with Crippen molar-refractivity contribution in [3.63, 3.8) is 0 Å². The molecule has 7 aliphatic rings. The van der Waals surface area contributed by atoms with Gasteiger partial charge >= 0.3 is 6.09 Å². The van der Waals surface area contributed by atoms with Crippen LogP contribution in [0.15, 0.2) is 296 Å². The lowest BCUT2D eigenvalue weighted by Gasteiger charge is -2.36. The van der Waals surface area contributed by atoms with Gasteiger partial charge in [0.2, 0.25) is 18.7 Å². The Morgan fingerprint density at radius 2 is 0.867 bits per heavy atom. The number of carbonyl (C=O) groups is 1. The number of aryl methyl sites for hydroxylation is 1. The van der Waals surface area contributed by atoms with Gasteiger partial charge in [0.15, 0.2) is 23.0 Å². The zero-order valence-electron chi connectivity index (χ0n) is 83.7. The van der Waals surface area contributed by atoms with Crippen LogP contribution in [0.4, 0.5) is 21.1 Å². The summed E-state index contributed by atoms with van der Waals surface area (Å²) in [6, 6.07) is 90.1. The number of H-pyrrole nitrogens is 6. The number of rotatable bonds is 14. The minimum atomic E-state index is -0.691. The molecule has 0 spiro atoms. The van der Waals surface area contributed by atoms with Crippen molar-refractivity contribution in [1.82, 2.24) is 70.7 Å². The zero-order valence-corrected chi connectivity index (χ0v) is 87.5. The van der Waals surface area contributed by atoms with Crippen molar-refractivity contribution < 1.29 is 42.7 Å².